The summed E-state index contributed by atoms with van der Waals surface area (Å²) in [5.41, 5.74) is 7.00. The van der Waals surface area contributed by atoms with Crippen LogP contribution in [-0.2, 0) is 11.3 Å². The Morgan fingerprint density at radius 3 is 2.30 bits per heavy atom. The molecular formula is C25H23N3O4S. The van der Waals surface area contributed by atoms with Crippen LogP contribution < -0.4 is 0 Å². The molecule has 0 bridgehead atoms. The molecule has 0 saturated carbocycles. The number of imide groups is 1. The van der Waals surface area contributed by atoms with E-state index >= 15 is 0 Å². The molecule has 1 saturated heterocycles. The first-order valence-corrected chi connectivity index (χ1v) is 11.2. The summed E-state index contributed by atoms with van der Waals surface area (Å²) in [7, 11) is 0. The van der Waals surface area contributed by atoms with Crippen LogP contribution in [0.25, 0.3) is 11.8 Å². The Morgan fingerprint density at radius 1 is 0.970 bits per heavy atom. The maximum absolute atomic E-state index is 13.0. The average molecular weight is 462 g/mol. The van der Waals surface area contributed by atoms with Crippen molar-refractivity contribution in [2.75, 3.05) is 0 Å². The predicted molar refractivity (Wildman–Crippen MR) is 129 cm³/mol. The number of nitro benzene ring substituents is 1. The van der Waals surface area contributed by atoms with Crippen LogP contribution in [0.15, 0.2) is 53.4 Å². The number of hydrogen-bond acceptors (Lipinski definition) is 5. The van der Waals surface area contributed by atoms with E-state index in [9.17, 15) is 19.7 Å². The summed E-state index contributed by atoms with van der Waals surface area (Å²) >= 11 is 0.909. The van der Waals surface area contributed by atoms with E-state index in [2.05, 4.69) is 36.6 Å². The molecule has 33 heavy (non-hydrogen) atoms. The number of benzene rings is 2. The van der Waals surface area contributed by atoms with Gasteiger partial charge < -0.3 is 4.57 Å². The predicted octanol–water partition coefficient (Wildman–Crippen LogP) is 5.86. The monoisotopic (exact) mass is 461 g/mol. The van der Waals surface area contributed by atoms with Gasteiger partial charge in [-0.05, 0) is 86.0 Å². The van der Waals surface area contributed by atoms with Gasteiger partial charge in [0.25, 0.3) is 16.8 Å². The van der Waals surface area contributed by atoms with Gasteiger partial charge in [0.1, 0.15) is 0 Å². The van der Waals surface area contributed by atoms with E-state index in [0.717, 1.165) is 34.4 Å². The molecule has 0 N–H and O–H groups in total. The first-order valence-electron chi connectivity index (χ1n) is 10.4. The Morgan fingerprint density at radius 2 is 1.67 bits per heavy atom. The van der Waals surface area contributed by atoms with E-state index in [1.807, 2.05) is 19.9 Å². The van der Waals surface area contributed by atoms with E-state index in [1.54, 1.807) is 18.2 Å². The number of carbonyl (C=O) groups excluding carboxylic acids is 2. The van der Waals surface area contributed by atoms with Crippen LogP contribution in [0.3, 0.4) is 0 Å². The molecular weight excluding hydrogens is 438 g/mol. The minimum absolute atomic E-state index is 0.0353. The van der Waals surface area contributed by atoms with Crippen LogP contribution in [0.4, 0.5) is 10.5 Å². The van der Waals surface area contributed by atoms with Gasteiger partial charge in [-0.25, -0.2) is 0 Å². The summed E-state index contributed by atoms with van der Waals surface area (Å²) in [6, 6.07) is 14.2. The molecule has 4 rings (SSSR count). The summed E-state index contributed by atoms with van der Waals surface area (Å²) in [5.74, 6) is -0.362. The minimum atomic E-state index is -0.485. The van der Waals surface area contributed by atoms with Gasteiger partial charge in [0, 0.05) is 29.2 Å². The fourth-order valence-electron chi connectivity index (χ4n) is 3.88. The zero-order chi connectivity index (χ0) is 23.9. The number of nitrogens with zero attached hydrogens (tertiary/aromatic N) is 3. The van der Waals surface area contributed by atoms with Crippen LogP contribution >= 0.6 is 11.8 Å². The fourth-order valence-corrected chi connectivity index (χ4v) is 4.71. The van der Waals surface area contributed by atoms with E-state index in [0.29, 0.717) is 10.5 Å². The van der Waals surface area contributed by atoms with Gasteiger partial charge >= 0.3 is 0 Å². The highest BCUT2D eigenvalue weighted by molar-refractivity contribution is 8.18. The maximum atomic E-state index is 13.0. The lowest BCUT2D eigenvalue weighted by atomic mass is 10.1. The highest BCUT2D eigenvalue weighted by Gasteiger charge is 2.35. The van der Waals surface area contributed by atoms with Gasteiger partial charge in [-0.15, -0.1) is 0 Å². The lowest BCUT2D eigenvalue weighted by Crippen LogP contribution is -2.27. The number of aryl methyl sites for hydroxylation is 3. The van der Waals surface area contributed by atoms with Crippen molar-refractivity contribution in [3.63, 3.8) is 0 Å². The van der Waals surface area contributed by atoms with Crippen molar-refractivity contribution in [2.45, 2.75) is 34.2 Å². The molecule has 8 heteroatoms. The summed E-state index contributed by atoms with van der Waals surface area (Å²) in [4.78, 5) is 37.4. The van der Waals surface area contributed by atoms with Crippen molar-refractivity contribution in [1.29, 1.82) is 0 Å². The van der Waals surface area contributed by atoms with Gasteiger partial charge in [0.15, 0.2) is 0 Å². The Labute approximate surface area is 195 Å². The molecule has 0 spiro atoms. The van der Waals surface area contributed by atoms with E-state index in [1.165, 1.54) is 28.2 Å². The lowest BCUT2D eigenvalue weighted by molar-refractivity contribution is -0.384. The summed E-state index contributed by atoms with van der Waals surface area (Å²) in [6.07, 6.45) is 1.76. The summed E-state index contributed by atoms with van der Waals surface area (Å²) in [6.45, 7) is 8.23. The number of non-ortho nitro benzene ring substituents is 1. The maximum Gasteiger partial charge on any atom is 0.293 e. The van der Waals surface area contributed by atoms with Gasteiger partial charge in [-0.2, -0.15) is 0 Å². The van der Waals surface area contributed by atoms with Crippen molar-refractivity contribution in [3.05, 3.63) is 97.2 Å². The second-order valence-corrected chi connectivity index (χ2v) is 9.12. The molecule has 2 amide bonds. The number of amides is 2. The van der Waals surface area contributed by atoms with Gasteiger partial charge in [0.05, 0.1) is 16.4 Å². The Bertz CT molecular complexity index is 1320. The molecule has 1 aliphatic heterocycles. The van der Waals surface area contributed by atoms with Gasteiger partial charge in [-0.3, -0.25) is 24.6 Å². The Balaban J connectivity index is 1.60. The minimum Gasteiger partial charge on any atom is -0.318 e. The van der Waals surface area contributed by atoms with Crippen molar-refractivity contribution in [1.82, 2.24) is 9.47 Å². The summed E-state index contributed by atoms with van der Waals surface area (Å²) < 4.78 is 2.14. The van der Waals surface area contributed by atoms with Gasteiger partial charge in [-0.1, -0.05) is 18.2 Å². The third-order valence-corrected chi connectivity index (χ3v) is 6.77. The van der Waals surface area contributed by atoms with Crippen molar-refractivity contribution in [3.8, 4) is 5.69 Å². The lowest BCUT2D eigenvalue weighted by Gasteiger charge is -2.12. The zero-order valence-electron chi connectivity index (χ0n) is 18.8. The number of carbonyl (C=O) groups is 2. The molecule has 2 aromatic carbocycles. The van der Waals surface area contributed by atoms with E-state index in [4.69, 9.17) is 0 Å². The van der Waals surface area contributed by atoms with E-state index in [-0.39, 0.29) is 23.4 Å². The van der Waals surface area contributed by atoms with Gasteiger partial charge in [0.2, 0.25) is 0 Å². The second-order valence-electron chi connectivity index (χ2n) is 8.12. The molecule has 0 atom stereocenters. The van der Waals surface area contributed by atoms with Crippen LogP contribution in [0, 0.1) is 37.8 Å². The molecule has 0 unspecified atom stereocenters. The van der Waals surface area contributed by atoms with Crippen LogP contribution in [0.5, 0.6) is 0 Å². The molecule has 1 aliphatic rings. The van der Waals surface area contributed by atoms with Crippen LogP contribution in [0.2, 0.25) is 0 Å². The second kappa shape index (κ2) is 8.71. The largest absolute Gasteiger partial charge is 0.318 e. The highest BCUT2D eigenvalue weighted by atomic mass is 32.2. The normalized spacial score (nSPS) is 15.0. The number of rotatable bonds is 5. The number of nitro groups is 1. The molecule has 168 valence electrons. The number of aromatic nitrogens is 1. The average Bonchev–Trinajstić information content (AvgIpc) is 3.20. The standard InChI is InChI=1S/C25H23N3O4S/c1-15-5-8-22(11-16(15)2)27-17(3)12-20(18(27)4)13-23-24(29)26(25(30)33-23)14-19-6-9-21(10-7-19)28(31)32/h5-13H,14H2,1-4H3/b23-13-. The Hall–Kier alpha value is -3.65. The SMILES string of the molecule is Cc1ccc(-n2c(C)cc(/C=C3\SC(=O)N(Cc4ccc([N+](=O)[O-])cc4)C3=O)c2C)cc1C. The molecule has 0 radical (unpaired) electrons. The third kappa shape index (κ3) is 4.34. The smallest absolute Gasteiger partial charge is 0.293 e. The first kappa shape index (κ1) is 22.5. The van der Waals surface area contributed by atoms with E-state index < -0.39 is 4.92 Å². The molecule has 2 heterocycles. The first-order chi connectivity index (χ1) is 15.7. The molecule has 7 nitrogen and oxygen atoms in total. The van der Waals surface area contributed by atoms with Crippen LogP contribution in [-0.4, -0.2) is 25.5 Å². The Kier molecular flexibility index (Phi) is 5.95. The molecule has 1 aromatic heterocycles. The third-order valence-electron chi connectivity index (χ3n) is 5.87. The summed E-state index contributed by atoms with van der Waals surface area (Å²) in [5, 5.41) is 10.5. The zero-order valence-corrected chi connectivity index (χ0v) is 19.6. The molecule has 0 aliphatic carbocycles. The van der Waals surface area contributed by atoms with Crippen molar-refractivity contribution in [2.24, 2.45) is 0 Å². The topological polar surface area (TPSA) is 85.4 Å². The highest BCUT2D eigenvalue weighted by Crippen LogP contribution is 2.35. The number of hydrogen-bond donors (Lipinski definition) is 0. The fraction of sp³-hybridized carbons (Fsp3) is 0.200. The van der Waals surface area contributed by atoms with Crippen molar-refractivity contribution < 1.29 is 14.5 Å². The molecule has 1 fully saturated rings. The van der Waals surface area contributed by atoms with Crippen molar-refractivity contribution >= 4 is 34.7 Å². The number of thioether (sulfide) groups is 1. The quantitative estimate of drug-likeness (QED) is 0.270. The molecule has 3 aromatic rings. The van der Waals surface area contributed by atoms with Crippen LogP contribution in [0.1, 0.15) is 33.6 Å².